The number of carboxylic acids is 1. The Bertz CT molecular complexity index is 1050. The topological polar surface area (TPSA) is 101 Å². The number of nitrogens with one attached hydrogen (secondary N) is 1. The second-order valence-electron chi connectivity index (χ2n) is 7.61. The first kappa shape index (κ1) is 18.7. The molecular weight excluding hydrogens is 370 g/mol. The van der Waals surface area contributed by atoms with Gasteiger partial charge in [0.2, 0.25) is 5.43 Å². The van der Waals surface area contributed by atoms with Crippen molar-refractivity contribution in [2.45, 2.75) is 44.8 Å². The summed E-state index contributed by atoms with van der Waals surface area (Å²) in [5.41, 5.74) is 3.55. The molecule has 1 saturated heterocycles. The second-order valence-corrected chi connectivity index (χ2v) is 7.61. The van der Waals surface area contributed by atoms with Gasteiger partial charge in [0.25, 0.3) is 0 Å². The summed E-state index contributed by atoms with van der Waals surface area (Å²) in [5, 5.41) is 12.2. The fraction of sp³-hybridized carbons (Fsp3) is 0.474. The van der Waals surface area contributed by atoms with Crippen LogP contribution in [0.4, 0.5) is 20.2 Å². The van der Waals surface area contributed by atoms with Gasteiger partial charge in [0.15, 0.2) is 11.6 Å². The van der Waals surface area contributed by atoms with Gasteiger partial charge in [-0.05, 0) is 26.7 Å². The van der Waals surface area contributed by atoms with Crippen molar-refractivity contribution in [3.05, 3.63) is 33.6 Å². The van der Waals surface area contributed by atoms with Gasteiger partial charge in [-0.1, -0.05) is 0 Å². The molecule has 0 bridgehead atoms. The number of halogens is 2. The number of nitrogen functional groups attached to an aromatic ring is 1. The summed E-state index contributed by atoms with van der Waals surface area (Å²) in [6.45, 7) is 4.72. The van der Waals surface area contributed by atoms with Crippen molar-refractivity contribution in [1.29, 1.82) is 0 Å². The van der Waals surface area contributed by atoms with Gasteiger partial charge in [0, 0.05) is 37.4 Å². The maximum absolute atomic E-state index is 15.7. The molecule has 2 fully saturated rings. The minimum Gasteiger partial charge on any atom is -0.477 e. The van der Waals surface area contributed by atoms with Crippen LogP contribution in [0.1, 0.15) is 43.1 Å². The van der Waals surface area contributed by atoms with Crippen molar-refractivity contribution >= 4 is 28.2 Å². The zero-order valence-corrected chi connectivity index (χ0v) is 15.6. The summed E-state index contributed by atoms with van der Waals surface area (Å²) in [7, 11) is 0. The van der Waals surface area contributed by atoms with Crippen molar-refractivity contribution in [1.82, 2.24) is 9.88 Å². The minimum atomic E-state index is -1.45. The molecule has 1 aromatic carbocycles. The Kier molecular flexibility index (Phi) is 4.29. The van der Waals surface area contributed by atoms with Crippen molar-refractivity contribution < 1.29 is 18.7 Å². The molecule has 0 unspecified atom stereocenters. The molecule has 4 N–H and O–H groups in total. The highest BCUT2D eigenvalue weighted by Crippen LogP contribution is 2.42. The van der Waals surface area contributed by atoms with Crippen LogP contribution < -0.4 is 21.4 Å². The van der Waals surface area contributed by atoms with Crippen molar-refractivity contribution in [2.24, 2.45) is 0 Å². The van der Waals surface area contributed by atoms with Crippen LogP contribution in [0.5, 0.6) is 0 Å². The van der Waals surface area contributed by atoms with Gasteiger partial charge in [0.05, 0.1) is 16.6 Å². The fourth-order valence-corrected chi connectivity index (χ4v) is 3.97. The van der Waals surface area contributed by atoms with E-state index in [0.29, 0.717) is 13.1 Å². The molecular formula is C19H22F2N4O3. The molecule has 4 rings (SSSR count). The summed E-state index contributed by atoms with van der Waals surface area (Å²) < 4.78 is 32.3. The van der Waals surface area contributed by atoms with E-state index in [-0.39, 0.29) is 29.3 Å². The molecule has 1 aliphatic heterocycles. The molecule has 9 heteroatoms. The van der Waals surface area contributed by atoms with Gasteiger partial charge < -0.3 is 25.6 Å². The molecule has 28 heavy (non-hydrogen) atoms. The molecule has 2 heterocycles. The Morgan fingerprint density at radius 3 is 2.57 bits per heavy atom. The summed E-state index contributed by atoms with van der Waals surface area (Å²) in [4.78, 5) is 25.8. The van der Waals surface area contributed by atoms with E-state index in [4.69, 9.17) is 5.73 Å². The van der Waals surface area contributed by atoms with Crippen molar-refractivity contribution in [2.75, 3.05) is 23.7 Å². The molecule has 1 aliphatic carbocycles. The first-order chi connectivity index (χ1) is 13.2. The number of hydrogen-bond acceptors (Lipinski definition) is 5. The highest BCUT2D eigenvalue weighted by Gasteiger charge is 2.35. The Morgan fingerprint density at radius 2 is 1.96 bits per heavy atom. The number of anilines is 2. The summed E-state index contributed by atoms with van der Waals surface area (Å²) in [5.74, 6) is -3.34. The number of carboxylic acid groups (broad SMARTS) is 1. The van der Waals surface area contributed by atoms with Crippen LogP contribution in [-0.2, 0) is 0 Å². The van der Waals surface area contributed by atoms with E-state index in [2.05, 4.69) is 5.32 Å². The molecule has 1 saturated carbocycles. The summed E-state index contributed by atoms with van der Waals surface area (Å²) in [6.07, 6.45) is 2.60. The molecule has 2 aromatic rings. The lowest BCUT2D eigenvalue weighted by molar-refractivity contribution is 0.0695. The van der Waals surface area contributed by atoms with E-state index < -0.39 is 39.7 Å². The Morgan fingerprint density at radius 1 is 1.29 bits per heavy atom. The third kappa shape index (κ3) is 2.64. The summed E-state index contributed by atoms with van der Waals surface area (Å²) >= 11 is 0. The van der Waals surface area contributed by atoms with Crippen LogP contribution >= 0.6 is 0 Å². The highest BCUT2D eigenvalue weighted by molar-refractivity contribution is 5.99. The lowest BCUT2D eigenvalue weighted by Gasteiger charge is -2.40. The van der Waals surface area contributed by atoms with Crippen LogP contribution in [0, 0.1) is 11.6 Å². The Hall–Kier alpha value is -2.68. The maximum Gasteiger partial charge on any atom is 0.341 e. The van der Waals surface area contributed by atoms with Crippen LogP contribution in [0.15, 0.2) is 11.0 Å². The zero-order valence-electron chi connectivity index (χ0n) is 15.6. The lowest BCUT2D eigenvalue weighted by Crippen LogP contribution is -2.56. The quantitative estimate of drug-likeness (QED) is 0.692. The SMILES string of the molecule is C[C@@H]1NCCN(c2c(F)c(N)c3c(=O)c(C(=O)O)cn(C4CC4)c3c2F)[C@@H]1C. The lowest BCUT2D eigenvalue weighted by atomic mass is 10.0. The van der Waals surface area contributed by atoms with Crippen LogP contribution in [0.2, 0.25) is 0 Å². The number of fused-ring (bicyclic) bond motifs is 1. The predicted octanol–water partition coefficient (Wildman–Crippen LogP) is 2.08. The highest BCUT2D eigenvalue weighted by atomic mass is 19.1. The van der Waals surface area contributed by atoms with E-state index in [1.54, 1.807) is 4.90 Å². The average molecular weight is 392 g/mol. The number of piperazine rings is 1. The third-order valence-electron chi connectivity index (χ3n) is 5.86. The van der Waals surface area contributed by atoms with Gasteiger partial charge in [-0.15, -0.1) is 0 Å². The number of aromatic carboxylic acids is 1. The van der Waals surface area contributed by atoms with Gasteiger partial charge in [-0.2, -0.15) is 0 Å². The number of hydrogen-bond donors (Lipinski definition) is 3. The third-order valence-corrected chi connectivity index (χ3v) is 5.86. The number of carbonyl (C=O) groups is 1. The van der Waals surface area contributed by atoms with E-state index in [9.17, 15) is 14.7 Å². The van der Waals surface area contributed by atoms with Crippen molar-refractivity contribution in [3.8, 4) is 0 Å². The van der Waals surface area contributed by atoms with E-state index >= 15 is 8.78 Å². The number of nitrogens with two attached hydrogens (primary N) is 1. The molecule has 0 radical (unpaired) electrons. The minimum absolute atomic E-state index is 0.00415. The van der Waals surface area contributed by atoms with Gasteiger partial charge >= 0.3 is 5.97 Å². The molecule has 0 spiro atoms. The van der Waals surface area contributed by atoms with Crippen LogP contribution in [0.25, 0.3) is 10.9 Å². The monoisotopic (exact) mass is 392 g/mol. The van der Waals surface area contributed by atoms with E-state index in [1.807, 2.05) is 13.8 Å². The number of rotatable bonds is 3. The standard InChI is InChI=1S/C19H22F2N4O3/c1-8-9(2)24(6-5-23-8)17-13(20)15(22)12-16(14(17)21)25(10-3-4-10)7-11(18(12)26)19(27)28/h7-10,23H,3-6,22H2,1-2H3,(H,27,28)/t8-,9+/m0/s1. The van der Waals surface area contributed by atoms with E-state index in [0.717, 1.165) is 19.0 Å². The number of aromatic nitrogens is 1. The fourth-order valence-electron chi connectivity index (χ4n) is 3.97. The normalized spacial score (nSPS) is 22.6. The molecule has 2 aliphatic rings. The van der Waals surface area contributed by atoms with Gasteiger partial charge in [0.1, 0.15) is 11.3 Å². The second kappa shape index (κ2) is 6.44. The Labute approximate surface area is 159 Å². The molecule has 7 nitrogen and oxygen atoms in total. The predicted molar refractivity (Wildman–Crippen MR) is 102 cm³/mol. The Balaban J connectivity index is 2.08. The first-order valence-electron chi connectivity index (χ1n) is 9.32. The van der Waals surface area contributed by atoms with E-state index in [1.165, 1.54) is 4.57 Å². The first-order valence-corrected chi connectivity index (χ1v) is 9.32. The molecule has 150 valence electrons. The summed E-state index contributed by atoms with van der Waals surface area (Å²) in [6, 6.07) is -0.328. The maximum atomic E-state index is 15.7. The largest absolute Gasteiger partial charge is 0.477 e. The van der Waals surface area contributed by atoms with Crippen LogP contribution in [0.3, 0.4) is 0 Å². The van der Waals surface area contributed by atoms with Crippen molar-refractivity contribution in [3.63, 3.8) is 0 Å². The van der Waals surface area contributed by atoms with Crippen LogP contribution in [-0.4, -0.2) is 40.8 Å². The molecule has 1 aromatic heterocycles. The molecule has 0 amide bonds. The van der Waals surface area contributed by atoms with Gasteiger partial charge in [-0.25, -0.2) is 13.6 Å². The number of benzene rings is 1. The average Bonchev–Trinajstić information content (AvgIpc) is 3.48. The zero-order chi connectivity index (χ0) is 20.3. The van der Waals surface area contributed by atoms with Gasteiger partial charge in [-0.3, -0.25) is 4.79 Å². The number of pyridine rings is 1. The molecule has 2 atom stereocenters. The smallest absolute Gasteiger partial charge is 0.341 e. The number of nitrogens with zero attached hydrogens (tertiary/aromatic N) is 2.